The Labute approximate surface area is 63.9 Å². The Morgan fingerprint density at radius 2 is 2.36 bits per heavy atom. The molecule has 2 bridgehead atoms. The average molecular weight is 144 g/mol. The van der Waals surface area contributed by atoms with Crippen LogP contribution in [0.5, 0.6) is 0 Å². The van der Waals surface area contributed by atoms with Crippen LogP contribution in [0, 0.1) is 0 Å². The van der Waals surface area contributed by atoms with Crippen molar-refractivity contribution in [1.82, 2.24) is 10.3 Å². The summed E-state index contributed by atoms with van der Waals surface area (Å²) in [5.74, 6) is 0. The zero-order valence-electron chi connectivity index (χ0n) is 6.02. The minimum Gasteiger partial charge on any atom is -0.384 e. The Morgan fingerprint density at radius 1 is 1.36 bits per heavy atom. The van der Waals surface area contributed by atoms with Gasteiger partial charge in [0.25, 0.3) is 0 Å². The first-order chi connectivity index (χ1) is 5.45. The van der Waals surface area contributed by atoms with Gasteiger partial charge < -0.3 is 10.3 Å². The van der Waals surface area contributed by atoms with Gasteiger partial charge in [-0.05, 0) is 0 Å². The van der Waals surface area contributed by atoms with Crippen LogP contribution in [0.25, 0.3) is 18.4 Å². The summed E-state index contributed by atoms with van der Waals surface area (Å²) in [7, 11) is 0. The van der Waals surface area contributed by atoms with Crippen molar-refractivity contribution >= 4 is 18.4 Å². The summed E-state index contributed by atoms with van der Waals surface area (Å²) in [6, 6.07) is 0. The second-order valence-electron chi connectivity index (χ2n) is 2.90. The molecule has 0 saturated carbocycles. The number of allylic oxidation sites excluding steroid dienone is 1. The molecule has 54 valence electrons. The van der Waals surface area contributed by atoms with E-state index in [2.05, 4.69) is 28.5 Å². The number of H-pyrrole nitrogens is 1. The predicted octanol–water partition coefficient (Wildman–Crippen LogP) is -0.337. The third-order valence-corrected chi connectivity index (χ3v) is 2.24. The predicted molar refractivity (Wildman–Crippen MR) is 44.8 cm³/mol. The van der Waals surface area contributed by atoms with Crippen LogP contribution < -0.4 is 15.9 Å². The van der Waals surface area contributed by atoms with Gasteiger partial charge in [0, 0.05) is 22.7 Å². The van der Waals surface area contributed by atoms with Crippen LogP contribution in [0.1, 0.15) is 11.3 Å². The lowest BCUT2D eigenvalue weighted by molar-refractivity contribution is 0.848. The summed E-state index contributed by atoms with van der Waals surface area (Å²) in [5, 5.41) is 5.77. The summed E-state index contributed by atoms with van der Waals surface area (Å²) in [6.07, 6.45) is 8.44. The molecular formula is C9H8N2. The van der Waals surface area contributed by atoms with Crippen LogP contribution in [-0.2, 0) is 6.54 Å². The molecule has 0 spiro atoms. The molecule has 0 amide bonds. The molecule has 1 aliphatic carbocycles. The van der Waals surface area contributed by atoms with Gasteiger partial charge in [0.15, 0.2) is 0 Å². The number of fused-ring (bicyclic) bond motifs is 5. The first-order valence-electron chi connectivity index (χ1n) is 3.78. The van der Waals surface area contributed by atoms with E-state index in [0.717, 1.165) is 6.54 Å². The van der Waals surface area contributed by atoms with Crippen LogP contribution >= 0.6 is 0 Å². The van der Waals surface area contributed by atoms with Crippen molar-refractivity contribution in [3.05, 3.63) is 27.9 Å². The maximum absolute atomic E-state index is 3.35. The quantitative estimate of drug-likeness (QED) is 0.512. The van der Waals surface area contributed by atoms with Crippen molar-refractivity contribution in [2.75, 3.05) is 0 Å². The fourth-order valence-corrected chi connectivity index (χ4v) is 1.72. The Balaban J connectivity index is 2.61. The van der Waals surface area contributed by atoms with Gasteiger partial charge in [0.2, 0.25) is 0 Å². The van der Waals surface area contributed by atoms with Crippen molar-refractivity contribution in [2.45, 2.75) is 6.54 Å². The fraction of sp³-hybridized carbons (Fsp3) is 0.111. The van der Waals surface area contributed by atoms with Gasteiger partial charge in [-0.3, -0.25) is 0 Å². The maximum Gasteiger partial charge on any atom is 0.0622 e. The van der Waals surface area contributed by atoms with E-state index < -0.39 is 0 Å². The van der Waals surface area contributed by atoms with E-state index in [1.165, 1.54) is 21.8 Å². The number of aromatic amines is 1. The van der Waals surface area contributed by atoms with E-state index in [9.17, 15) is 0 Å². The number of rotatable bonds is 0. The van der Waals surface area contributed by atoms with Crippen LogP contribution in [0.4, 0.5) is 0 Å². The molecule has 1 aliphatic heterocycles. The minimum absolute atomic E-state index is 0.931. The highest BCUT2D eigenvalue weighted by atomic mass is 14.9. The van der Waals surface area contributed by atoms with Crippen molar-refractivity contribution in [3.63, 3.8) is 0 Å². The summed E-state index contributed by atoms with van der Waals surface area (Å²) in [4.78, 5) is 3.35. The molecule has 0 saturated heterocycles. The summed E-state index contributed by atoms with van der Waals surface area (Å²) < 4.78 is 0. The van der Waals surface area contributed by atoms with Crippen LogP contribution in [0.3, 0.4) is 0 Å². The second-order valence-corrected chi connectivity index (χ2v) is 2.90. The summed E-state index contributed by atoms with van der Waals surface area (Å²) >= 11 is 0. The summed E-state index contributed by atoms with van der Waals surface area (Å²) in [6.45, 7) is 0.931. The lowest BCUT2D eigenvalue weighted by atomic mass is 10.2. The van der Waals surface area contributed by atoms with Gasteiger partial charge in [-0.1, -0.05) is 18.2 Å². The van der Waals surface area contributed by atoms with Crippen molar-refractivity contribution in [3.8, 4) is 0 Å². The lowest BCUT2D eigenvalue weighted by Gasteiger charge is -2.01. The molecule has 0 aromatic carbocycles. The number of hydrogen-bond acceptors (Lipinski definition) is 1. The fourth-order valence-electron chi connectivity index (χ4n) is 1.72. The van der Waals surface area contributed by atoms with E-state index in [-0.39, 0.29) is 0 Å². The highest BCUT2D eigenvalue weighted by Gasteiger charge is 2.10. The molecule has 1 aromatic rings. The van der Waals surface area contributed by atoms with Crippen LogP contribution in [0.2, 0.25) is 0 Å². The molecule has 1 aromatic heterocycles. The molecule has 0 unspecified atom stereocenters. The highest BCUT2D eigenvalue weighted by molar-refractivity contribution is 5.69. The minimum atomic E-state index is 0.931. The van der Waals surface area contributed by atoms with Gasteiger partial charge >= 0.3 is 0 Å². The van der Waals surface area contributed by atoms with Crippen molar-refractivity contribution in [1.29, 1.82) is 0 Å². The molecule has 11 heavy (non-hydrogen) atoms. The maximum atomic E-state index is 3.35. The molecule has 3 rings (SSSR count). The zero-order chi connectivity index (χ0) is 7.26. The van der Waals surface area contributed by atoms with E-state index in [0.29, 0.717) is 0 Å². The van der Waals surface area contributed by atoms with E-state index in [1.54, 1.807) is 0 Å². The first kappa shape index (κ1) is 5.24. The number of aromatic nitrogens is 1. The van der Waals surface area contributed by atoms with Gasteiger partial charge in [0.1, 0.15) is 0 Å². The molecule has 2 heteroatoms. The highest BCUT2D eigenvalue weighted by Crippen LogP contribution is 2.07. The Morgan fingerprint density at radius 3 is 3.36 bits per heavy atom. The van der Waals surface area contributed by atoms with E-state index >= 15 is 0 Å². The Bertz CT molecular complexity index is 449. The zero-order valence-corrected chi connectivity index (χ0v) is 6.02. The number of hydrogen-bond donors (Lipinski definition) is 2. The van der Waals surface area contributed by atoms with Crippen molar-refractivity contribution < 1.29 is 0 Å². The van der Waals surface area contributed by atoms with Crippen LogP contribution in [-0.4, -0.2) is 4.98 Å². The van der Waals surface area contributed by atoms with E-state index in [4.69, 9.17) is 0 Å². The third-order valence-electron chi connectivity index (χ3n) is 2.24. The average Bonchev–Trinajstić information content (AvgIpc) is 2.58. The molecule has 0 atom stereocenters. The topological polar surface area (TPSA) is 27.8 Å². The molecule has 2 N–H and O–H groups in total. The normalized spacial score (nSPS) is 16.7. The smallest absolute Gasteiger partial charge is 0.0622 e. The third kappa shape index (κ3) is 0.522. The van der Waals surface area contributed by atoms with E-state index in [1.807, 2.05) is 6.20 Å². The summed E-state index contributed by atoms with van der Waals surface area (Å²) in [5.41, 5.74) is 2.67. The van der Waals surface area contributed by atoms with Gasteiger partial charge in [0.05, 0.1) is 11.9 Å². The van der Waals surface area contributed by atoms with Gasteiger partial charge in [-0.2, -0.15) is 0 Å². The Kier molecular flexibility index (Phi) is 0.756. The molecule has 2 nitrogen and oxygen atoms in total. The SMILES string of the molecule is C1=Cc2c3[nH]c(c2=C1)=CNC3. The van der Waals surface area contributed by atoms with Crippen molar-refractivity contribution in [2.24, 2.45) is 0 Å². The molecule has 0 radical (unpaired) electrons. The Hall–Kier alpha value is -1.44. The standard InChI is InChI=1S/C9H8N2/c1-2-6-7(3-1)9-5-10-4-8(6)11-9/h1-4,10-11H,5H2. The molecule has 0 fully saturated rings. The van der Waals surface area contributed by atoms with Crippen LogP contribution in [0.15, 0.2) is 6.08 Å². The first-order valence-corrected chi connectivity index (χ1v) is 3.78. The number of nitrogens with one attached hydrogen (secondary N) is 2. The largest absolute Gasteiger partial charge is 0.384 e. The van der Waals surface area contributed by atoms with Gasteiger partial charge in [-0.25, -0.2) is 0 Å². The molecule has 2 heterocycles. The molecule has 2 aliphatic rings. The lowest BCUT2D eigenvalue weighted by Crippen LogP contribution is -2.27. The monoisotopic (exact) mass is 144 g/mol. The van der Waals surface area contributed by atoms with Gasteiger partial charge in [-0.15, -0.1) is 0 Å². The second kappa shape index (κ2) is 1.59. The molecular weight excluding hydrogens is 136 g/mol.